The first-order valence-electron chi connectivity index (χ1n) is 10.7. The summed E-state index contributed by atoms with van der Waals surface area (Å²) in [5, 5.41) is 6.41. The zero-order chi connectivity index (χ0) is 19.9. The highest BCUT2D eigenvalue weighted by Gasteiger charge is 2.21. The standard InChI is InChI=1S/C23H30N4O2/c28-23(26-16-19-5-3-13-24-19)18-6-8-21(9-7-18)29-22-10-14-27(15-11-22)17-20-4-1-2-12-25-20/h1-2,4,6-9,12,19,22,24H,3,5,10-11,13-17H2,(H,26,28). The predicted molar refractivity (Wildman–Crippen MR) is 113 cm³/mol. The van der Waals surface area contributed by atoms with Crippen LogP contribution in [0.3, 0.4) is 0 Å². The molecule has 154 valence electrons. The number of ether oxygens (including phenoxy) is 1. The molecule has 0 bridgehead atoms. The van der Waals surface area contributed by atoms with Crippen molar-refractivity contribution in [3.63, 3.8) is 0 Å². The van der Waals surface area contributed by atoms with Gasteiger partial charge in [0.2, 0.25) is 0 Å². The number of piperidine rings is 1. The summed E-state index contributed by atoms with van der Waals surface area (Å²) in [6.07, 6.45) is 6.40. The van der Waals surface area contributed by atoms with Crippen LogP contribution in [-0.2, 0) is 6.54 Å². The van der Waals surface area contributed by atoms with Gasteiger partial charge in [-0.2, -0.15) is 0 Å². The van der Waals surface area contributed by atoms with E-state index in [2.05, 4.69) is 26.6 Å². The number of pyridine rings is 1. The van der Waals surface area contributed by atoms with Gasteiger partial charge in [0.25, 0.3) is 5.91 Å². The van der Waals surface area contributed by atoms with Crippen LogP contribution in [0.1, 0.15) is 41.7 Å². The fourth-order valence-corrected chi connectivity index (χ4v) is 4.03. The monoisotopic (exact) mass is 394 g/mol. The van der Waals surface area contributed by atoms with Crippen LogP contribution >= 0.6 is 0 Å². The molecule has 6 heteroatoms. The quantitative estimate of drug-likeness (QED) is 0.756. The lowest BCUT2D eigenvalue weighted by molar-refractivity contribution is 0.0946. The third kappa shape index (κ3) is 5.78. The summed E-state index contributed by atoms with van der Waals surface area (Å²) in [7, 11) is 0. The minimum Gasteiger partial charge on any atom is -0.490 e. The minimum absolute atomic E-state index is 0.0203. The number of rotatable bonds is 7. The number of nitrogens with one attached hydrogen (secondary N) is 2. The first kappa shape index (κ1) is 19.9. The fourth-order valence-electron chi connectivity index (χ4n) is 4.03. The highest BCUT2D eigenvalue weighted by atomic mass is 16.5. The molecule has 1 aromatic carbocycles. The van der Waals surface area contributed by atoms with Gasteiger partial charge < -0.3 is 15.4 Å². The van der Waals surface area contributed by atoms with E-state index in [0.29, 0.717) is 18.2 Å². The molecule has 29 heavy (non-hydrogen) atoms. The summed E-state index contributed by atoms with van der Waals surface area (Å²) in [6.45, 7) is 4.66. The van der Waals surface area contributed by atoms with Gasteiger partial charge in [-0.1, -0.05) is 6.07 Å². The summed E-state index contributed by atoms with van der Waals surface area (Å²) in [6, 6.07) is 14.0. The third-order valence-corrected chi connectivity index (χ3v) is 5.74. The van der Waals surface area contributed by atoms with Crippen molar-refractivity contribution in [1.29, 1.82) is 0 Å². The number of carbonyl (C=O) groups excluding carboxylic acids is 1. The lowest BCUT2D eigenvalue weighted by atomic mass is 10.1. The van der Waals surface area contributed by atoms with E-state index in [9.17, 15) is 4.79 Å². The summed E-state index contributed by atoms with van der Waals surface area (Å²) in [4.78, 5) is 19.1. The van der Waals surface area contributed by atoms with Gasteiger partial charge in [-0.3, -0.25) is 14.7 Å². The van der Waals surface area contributed by atoms with Crippen molar-refractivity contribution in [1.82, 2.24) is 20.5 Å². The highest BCUT2D eigenvalue weighted by molar-refractivity contribution is 5.94. The van der Waals surface area contributed by atoms with Crippen molar-refractivity contribution in [3.05, 3.63) is 59.9 Å². The van der Waals surface area contributed by atoms with Gasteiger partial charge in [0.15, 0.2) is 0 Å². The molecule has 0 aliphatic carbocycles. The molecule has 6 nitrogen and oxygen atoms in total. The van der Waals surface area contributed by atoms with E-state index in [1.165, 1.54) is 6.42 Å². The molecular formula is C23H30N4O2. The Kier molecular flexibility index (Phi) is 6.75. The van der Waals surface area contributed by atoms with Crippen LogP contribution in [0.15, 0.2) is 48.7 Å². The lowest BCUT2D eigenvalue weighted by Crippen LogP contribution is -2.38. The van der Waals surface area contributed by atoms with Gasteiger partial charge in [0, 0.05) is 44.0 Å². The van der Waals surface area contributed by atoms with Crippen LogP contribution in [0.2, 0.25) is 0 Å². The average Bonchev–Trinajstić information content (AvgIpc) is 3.28. The molecule has 2 aliphatic heterocycles. The number of aromatic nitrogens is 1. The van der Waals surface area contributed by atoms with Crippen LogP contribution in [0, 0.1) is 0 Å². The molecule has 0 radical (unpaired) electrons. The Bertz CT molecular complexity index is 767. The number of hydrogen-bond acceptors (Lipinski definition) is 5. The normalized spacial score (nSPS) is 20.5. The molecule has 0 saturated carbocycles. The first-order valence-corrected chi connectivity index (χ1v) is 10.7. The van der Waals surface area contributed by atoms with Gasteiger partial charge in [-0.05, 0) is 68.6 Å². The van der Waals surface area contributed by atoms with Crippen LogP contribution in [-0.4, -0.2) is 54.1 Å². The molecule has 1 amide bonds. The van der Waals surface area contributed by atoms with Gasteiger partial charge >= 0.3 is 0 Å². The van der Waals surface area contributed by atoms with E-state index >= 15 is 0 Å². The smallest absolute Gasteiger partial charge is 0.251 e. The number of likely N-dealkylation sites (tertiary alicyclic amines) is 1. The summed E-state index contributed by atoms with van der Waals surface area (Å²) >= 11 is 0. The Morgan fingerprint density at radius 2 is 1.97 bits per heavy atom. The molecule has 1 atom stereocenters. The van der Waals surface area contributed by atoms with Crippen LogP contribution in [0.5, 0.6) is 5.75 Å². The maximum atomic E-state index is 12.3. The van der Waals surface area contributed by atoms with E-state index in [0.717, 1.165) is 56.9 Å². The van der Waals surface area contributed by atoms with E-state index < -0.39 is 0 Å². The molecule has 4 rings (SSSR count). The average molecular weight is 395 g/mol. The molecule has 2 N–H and O–H groups in total. The minimum atomic E-state index is -0.0203. The molecule has 1 aromatic heterocycles. The predicted octanol–water partition coefficient (Wildman–Crippen LogP) is 2.61. The van der Waals surface area contributed by atoms with Gasteiger partial charge in [-0.25, -0.2) is 0 Å². The van der Waals surface area contributed by atoms with Crippen LogP contribution < -0.4 is 15.4 Å². The second-order valence-electron chi connectivity index (χ2n) is 7.94. The summed E-state index contributed by atoms with van der Waals surface area (Å²) in [5.74, 6) is 0.815. The number of amides is 1. The molecule has 1 unspecified atom stereocenters. The van der Waals surface area contributed by atoms with E-state index in [1.807, 2.05) is 42.6 Å². The third-order valence-electron chi connectivity index (χ3n) is 5.74. The van der Waals surface area contributed by atoms with Gasteiger partial charge in [0.05, 0.1) is 5.69 Å². The van der Waals surface area contributed by atoms with Crippen molar-refractivity contribution in [2.24, 2.45) is 0 Å². The Hall–Kier alpha value is -2.44. The molecular weight excluding hydrogens is 364 g/mol. The van der Waals surface area contributed by atoms with E-state index in [1.54, 1.807) is 0 Å². The largest absolute Gasteiger partial charge is 0.490 e. The number of hydrogen-bond donors (Lipinski definition) is 2. The lowest BCUT2D eigenvalue weighted by Gasteiger charge is -2.31. The van der Waals surface area contributed by atoms with E-state index in [4.69, 9.17) is 4.74 Å². The number of benzene rings is 1. The second kappa shape index (κ2) is 9.85. The van der Waals surface area contributed by atoms with Crippen molar-refractivity contribution >= 4 is 5.91 Å². The summed E-state index contributed by atoms with van der Waals surface area (Å²) < 4.78 is 6.15. The van der Waals surface area contributed by atoms with Gasteiger partial charge in [-0.15, -0.1) is 0 Å². The maximum absolute atomic E-state index is 12.3. The Morgan fingerprint density at radius 1 is 1.14 bits per heavy atom. The second-order valence-corrected chi connectivity index (χ2v) is 7.94. The zero-order valence-electron chi connectivity index (χ0n) is 16.8. The van der Waals surface area contributed by atoms with Crippen molar-refractivity contribution < 1.29 is 9.53 Å². The molecule has 2 fully saturated rings. The van der Waals surface area contributed by atoms with Crippen molar-refractivity contribution in [2.45, 2.75) is 44.4 Å². The zero-order valence-corrected chi connectivity index (χ0v) is 16.8. The maximum Gasteiger partial charge on any atom is 0.251 e. The van der Waals surface area contributed by atoms with Gasteiger partial charge in [0.1, 0.15) is 11.9 Å². The van der Waals surface area contributed by atoms with E-state index in [-0.39, 0.29) is 12.0 Å². The van der Waals surface area contributed by atoms with Crippen LogP contribution in [0.4, 0.5) is 0 Å². The molecule has 2 aromatic rings. The fraction of sp³-hybridized carbons (Fsp3) is 0.478. The topological polar surface area (TPSA) is 66.5 Å². The Balaban J connectivity index is 1.20. The summed E-state index contributed by atoms with van der Waals surface area (Å²) in [5.41, 5.74) is 1.80. The molecule has 0 spiro atoms. The van der Waals surface area contributed by atoms with Crippen molar-refractivity contribution in [2.75, 3.05) is 26.2 Å². The molecule has 3 heterocycles. The number of nitrogens with zero attached hydrogens (tertiary/aromatic N) is 2. The van der Waals surface area contributed by atoms with Crippen molar-refractivity contribution in [3.8, 4) is 5.75 Å². The first-order chi connectivity index (χ1) is 14.3. The SMILES string of the molecule is O=C(NCC1CCCN1)c1ccc(OC2CCN(Cc3ccccn3)CC2)cc1. The molecule has 2 saturated heterocycles. The Morgan fingerprint density at radius 3 is 2.66 bits per heavy atom. The number of carbonyl (C=O) groups is 1. The Labute approximate surface area is 172 Å². The highest BCUT2D eigenvalue weighted by Crippen LogP contribution is 2.20. The molecule has 2 aliphatic rings. The van der Waals surface area contributed by atoms with Crippen LogP contribution in [0.25, 0.3) is 0 Å².